The molecule has 0 spiro atoms. The Morgan fingerprint density at radius 1 is 1.33 bits per heavy atom. The van der Waals surface area contributed by atoms with Crippen LogP contribution in [-0.4, -0.2) is 41.7 Å². The molecule has 3 rings (SSSR count). The van der Waals surface area contributed by atoms with Crippen molar-refractivity contribution in [3.05, 3.63) is 24.4 Å². The van der Waals surface area contributed by atoms with Crippen molar-refractivity contribution in [3.8, 4) is 0 Å². The maximum atomic E-state index is 13.1. The summed E-state index contributed by atoms with van der Waals surface area (Å²) in [4.78, 5) is 4.36. The van der Waals surface area contributed by atoms with Gasteiger partial charge in [0, 0.05) is 25.8 Å². The molecule has 1 aliphatic heterocycles. The quantitative estimate of drug-likeness (QED) is 0.939. The van der Waals surface area contributed by atoms with Crippen molar-refractivity contribution in [2.45, 2.75) is 31.3 Å². The highest BCUT2D eigenvalue weighted by Gasteiger charge is 2.39. The highest BCUT2D eigenvalue weighted by Crippen LogP contribution is 2.32. The van der Waals surface area contributed by atoms with Gasteiger partial charge in [-0.2, -0.15) is 4.31 Å². The van der Waals surface area contributed by atoms with Crippen molar-refractivity contribution in [3.63, 3.8) is 0 Å². The second kappa shape index (κ2) is 4.99. The molecule has 1 fully saturated rings. The van der Waals surface area contributed by atoms with Crippen LogP contribution < -0.4 is 5.32 Å². The van der Waals surface area contributed by atoms with Gasteiger partial charge in [0.1, 0.15) is 5.65 Å². The number of hydrogen-bond donors (Lipinski definition) is 1. The Labute approximate surface area is 124 Å². The Morgan fingerprint density at radius 2 is 2.10 bits per heavy atom. The second-order valence-electron chi connectivity index (χ2n) is 5.71. The number of rotatable bonds is 3. The number of hydrogen-bond acceptors (Lipinski definition) is 4. The molecular weight excluding hydrogens is 288 g/mol. The van der Waals surface area contributed by atoms with Gasteiger partial charge in [-0.25, -0.2) is 13.4 Å². The summed E-state index contributed by atoms with van der Waals surface area (Å²) in [5.41, 5.74) is 0.625. The summed E-state index contributed by atoms with van der Waals surface area (Å²) in [7, 11) is -1.88. The van der Waals surface area contributed by atoms with E-state index in [1.165, 1.54) is 0 Å². The fourth-order valence-electron chi connectivity index (χ4n) is 3.09. The highest BCUT2D eigenvalue weighted by molar-refractivity contribution is 7.89. The number of nitrogens with zero attached hydrogens (tertiary/aromatic N) is 3. The summed E-state index contributed by atoms with van der Waals surface area (Å²) in [5, 5.41) is 3.13. The molecule has 0 aromatic carbocycles. The monoisotopic (exact) mass is 308 g/mol. The van der Waals surface area contributed by atoms with Crippen LogP contribution in [-0.2, 0) is 10.0 Å². The van der Waals surface area contributed by atoms with Crippen LogP contribution in [0.15, 0.2) is 29.4 Å². The smallest absolute Gasteiger partial charge is 0.263 e. The van der Waals surface area contributed by atoms with Crippen LogP contribution in [0.1, 0.15) is 20.3 Å². The number of imidazole rings is 1. The van der Waals surface area contributed by atoms with Crippen LogP contribution in [0.2, 0.25) is 0 Å². The van der Waals surface area contributed by atoms with E-state index in [1.807, 2.05) is 19.1 Å². The minimum atomic E-state index is -3.58. The molecule has 0 saturated carbocycles. The molecule has 1 aliphatic rings. The van der Waals surface area contributed by atoms with E-state index in [9.17, 15) is 8.42 Å². The first-order valence-corrected chi connectivity index (χ1v) is 8.56. The SMILES string of the molecule is CNc1nc2ccccn2c1S(=O)(=O)N1CC(C)CC1C. The Balaban J connectivity index is 2.19. The molecule has 2 atom stereocenters. The van der Waals surface area contributed by atoms with Gasteiger partial charge in [0.15, 0.2) is 10.8 Å². The van der Waals surface area contributed by atoms with Gasteiger partial charge in [-0.3, -0.25) is 4.40 Å². The molecule has 0 bridgehead atoms. The standard InChI is InChI=1S/C14H20N4O2S/c1-10-8-11(2)18(9-10)21(19,20)14-13(15-3)16-12-6-4-5-7-17(12)14/h4-7,10-11,15H,8-9H2,1-3H3. The summed E-state index contributed by atoms with van der Waals surface area (Å²) >= 11 is 0. The molecular formula is C14H20N4O2S. The number of sulfonamides is 1. The Morgan fingerprint density at radius 3 is 2.71 bits per heavy atom. The molecule has 2 aromatic heterocycles. The van der Waals surface area contributed by atoms with Crippen LogP contribution in [0.5, 0.6) is 0 Å². The fourth-order valence-corrected chi connectivity index (χ4v) is 5.12. The van der Waals surface area contributed by atoms with Gasteiger partial charge in [-0.1, -0.05) is 13.0 Å². The lowest BCUT2D eigenvalue weighted by molar-refractivity contribution is 0.403. The Bertz CT molecular complexity index is 768. The van der Waals surface area contributed by atoms with Gasteiger partial charge in [0.2, 0.25) is 0 Å². The van der Waals surface area contributed by atoms with E-state index >= 15 is 0 Å². The molecule has 2 aromatic rings. The molecule has 2 unspecified atom stereocenters. The van der Waals surface area contributed by atoms with Gasteiger partial charge in [-0.15, -0.1) is 0 Å². The van der Waals surface area contributed by atoms with E-state index in [0.717, 1.165) is 6.42 Å². The molecule has 6 nitrogen and oxygen atoms in total. The minimum absolute atomic E-state index is 0.0176. The molecule has 1 saturated heterocycles. The minimum Gasteiger partial charge on any atom is -0.371 e. The number of pyridine rings is 1. The molecule has 0 aliphatic carbocycles. The van der Waals surface area contributed by atoms with Crippen molar-refractivity contribution < 1.29 is 8.42 Å². The van der Waals surface area contributed by atoms with Gasteiger partial charge >= 0.3 is 0 Å². The predicted octanol–water partition coefficient (Wildman–Crippen LogP) is 1.79. The third-order valence-corrected chi connectivity index (χ3v) is 6.01. The average Bonchev–Trinajstić information content (AvgIpc) is 2.98. The lowest BCUT2D eigenvalue weighted by atomic mass is 10.1. The number of fused-ring (bicyclic) bond motifs is 1. The van der Waals surface area contributed by atoms with E-state index in [1.54, 1.807) is 28.0 Å². The lowest BCUT2D eigenvalue weighted by Gasteiger charge is -2.21. The van der Waals surface area contributed by atoms with Crippen LogP contribution in [0.25, 0.3) is 5.65 Å². The molecule has 0 radical (unpaired) electrons. The molecule has 7 heteroatoms. The maximum Gasteiger partial charge on any atom is 0.263 e. The van der Waals surface area contributed by atoms with E-state index in [4.69, 9.17) is 0 Å². The summed E-state index contributed by atoms with van der Waals surface area (Å²) < 4.78 is 29.4. The third-order valence-electron chi connectivity index (χ3n) is 4.00. The van der Waals surface area contributed by atoms with E-state index in [-0.39, 0.29) is 11.1 Å². The Kier molecular flexibility index (Phi) is 3.41. The number of nitrogens with one attached hydrogen (secondary N) is 1. The third kappa shape index (κ3) is 2.20. The highest BCUT2D eigenvalue weighted by atomic mass is 32.2. The van der Waals surface area contributed by atoms with Crippen molar-refractivity contribution in [2.75, 3.05) is 18.9 Å². The van der Waals surface area contributed by atoms with Crippen molar-refractivity contribution in [2.24, 2.45) is 5.92 Å². The average molecular weight is 308 g/mol. The first-order chi connectivity index (χ1) is 9.95. The summed E-state index contributed by atoms with van der Waals surface area (Å²) in [5.74, 6) is 0.778. The van der Waals surface area contributed by atoms with E-state index < -0.39 is 10.0 Å². The molecule has 114 valence electrons. The van der Waals surface area contributed by atoms with Crippen molar-refractivity contribution >= 4 is 21.5 Å². The van der Waals surface area contributed by atoms with Crippen molar-refractivity contribution in [1.82, 2.24) is 13.7 Å². The summed E-state index contributed by atoms with van der Waals surface area (Å²) in [6, 6.07) is 5.47. The van der Waals surface area contributed by atoms with E-state index in [0.29, 0.717) is 23.9 Å². The van der Waals surface area contributed by atoms with Gasteiger partial charge in [-0.05, 0) is 31.4 Å². The van der Waals surface area contributed by atoms with Crippen LogP contribution in [0, 0.1) is 5.92 Å². The van der Waals surface area contributed by atoms with Crippen LogP contribution in [0.4, 0.5) is 5.82 Å². The topological polar surface area (TPSA) is 66.7 Å². The van der Waals surface area contributed by atoms with Gasteiger partial charge in [0.25, 0.3) is 10.0 Å². The first kappa shape index (κ1) is 14.3. The Hall–Kier alpha value is -1.60. The molecule has 21 heavy (non-hydrogen) atoms. The summed E-state index contributed by atoms with van der Waals surface area (Å²) in [6.45, 7) is 4.61. The molecule has 3 heterocycles. The first-order valence-electron chi connectivity index (χ1n) is 7.12. The van der Waals surface area contributed by atoms with Crippen LogP contribution >= 0.6 is 0 Å². The molecule has 1 N–H and O–H groups in total. The van der Waals surface area contributed by atoms with Crippen LogP contribution in [0.3, 0.4) is 0 Å². The maximum absolute atomic E-state index is 13.1. The number of aromatic nitrogens is 2. The van der Waals surface area contributed by atoms with Crippen molar-refractivity contribution in [1.29, 1.82) is 0 Å². The lowest BCUT2D eigenvalue weighted by Crippen LogP contribution is -2.35. The zero-order valence-electron chi connectivity index (χ0n) is 12.4. The van der Waals surface area contributed by atoms with E-state index in [2.05, 4.69) is 17.2 Å². The predicted molar refractivity (Wildman–Crippen MR) is 81.9 cm³/mol. The van der Waals surface area contributed by atoms with Gasteiger partial charge in [0.05, 0.1) is 0 Å². The zero-order valence-corrected chi connectivity index (χ0v) is 13.3. The normalized spacial score (nSPS) is 23.8. The summed E-state index contributed by atoms with van der Waals surface area (Å²) in [6.07, 6.45) is 2.63. The largest absolute Gasteiger partial charge is 0.371 e. The number of anilines is 1. The zero-order chi connectivity index (χ0) is 15.2. The molecule has 0 amide bonds. The fraction of sp³-hybridized carbons (Fsp3) is 0.500. The van der Waals surface area contributed by atoms with Gasteiger partial charge < -0.3 is 5.32 Å². The second-order valence-corrected chi connectivity index (χ2v) is 7.51.